The van der Waals surface area contributed by atoms with Crippen molar-refractivity contribution >= 4 is 41.0 Å². The van der Waals surface area contributed by atoms with E-state index in [-0.39, 0.29) is 5.78 Å². The van der Waals surface area contributed by atoms with E-state index in [0.717, 1.165) is 35.4 Å². The third-order valence-corrected chi connectivity index (χ3v) is 5.29. The maximum Gasteiger partial charge on any atom is 0.185 e. The largest absolute Gasteiger partial charge is 0.289 e. The van der Waals surface area contributed by atoms with E-state index < -0.39 is 0 Å². The van der Waals surface area contributed by atoms with Crippen molar-refractivity contribution in [3.8, 4) is 0 Å². The molecule has 2 aromatic heterocycles. The zero-order chi connectivity index (χ0) is 14.9. The molecule has 2 aromatic rings. The summed E-state index contributed by atoms with van der Waals surface area (Å²) in [6, 6.07) is 0. The van der Waals surface area contributed by atoms with Gasteiger partial charge in [-0.15, -0.1) is 10.2 Å². The summed E-state index contributed by atoms with van der Waals surface area (Å²) in [7, 11) is 0. The smallest absolute Gasteiger partial charge is 0.185 e. The fraction of sp³-hybridized carbons (Fsp3) is 0.400. The molecule has 1 atom stereocenters. The molecule has 2 fully saturated rings. The van der Waals surface area contributed by atoms with Gasteiger partial charge in [-0.3, -0.25) is 4.79 Å². The first-order chi connectivity index (χ1) is 10.8. The van der Waals surface area contributed by atoms with Crippen LogP contribution in [0.25, 0.3) is 12.2 Å². The maximum atomic E-state index is 12.9. The van der Waals surface area contributed by atoms with Gasteiger partial charge in [-0.25, -0.2) is 0 Å². The summed E-state index contributed by atoms with van der Waals surface area (Å²) in [5, 5.41) is 11.8. The van der Waals surface area contributed by atoms with Gasteiger partial charge in [0.25, 0.3) is 0 Å². The van der Waals surface area contributed by atoms with Gasteiger partial charge < -0.3 is 0 Å². The number of rotatable bonds is 3. The molecule has 0 amide bonds. The molecule has 112 valence electrons. The Balaban J connectivity index is 1.68. The first-order valence-electron chi connectivity index (χ1n) is 7.32. The number of Topliss-reactive ketones (excluding diaryl/α,β-unsaturated/α-hetero) is 1. The van der Waals surface area contributed by atoms with E-state index in [0.29, 0.717) is 11.8 Å². The van der Waals surface area contributed by atoms with Gasteiger partial charge in [0.15, 0.2) is 5.78 Å². The molecule has 7 heteroatoms. The van der Waals surface area contributed by atoms with E-state index in [2.05, 4.69) is 19.2 Å². The second-order valence-electron chi connectivity index (χ2n) is 5.74. The third-order valence-electron chi connectivity index (χ3n) is 4.25. The average molecular weight is 330 g/mol. The Morgan fingerprint density at radius 3 is 2.27 bits per heavy atom. The van der Waals surface area contributed by atoms with Crippen molar-refractivity contribution in [3.63, 3.8) is 0 Å². The highest BCUT2D eigenvalue weighted by atomic mass is 32.1. The number of hydrogen-bond acceptors (Lipinski definition) is 7. The minimum atomic E-state index is 0.143. The Kier molecular flexibility index (Phi) is 3.67. The van der Waals surface area contributed by atoms with E-state index in [1.54, 1.807) is 0 Å². The SMILES string of the molecule is O=C1/C(=C\c2csnn2)CC[C@H](C2CC2)/C1=C\c1csnn1. The fourth-order valence-electron chi connectivity index (χ4n) is 3.04. The van der Waals surface area contributed by atoms with Gasteiger partial charge >= 0.3 is 0 Å². The summed E-state index contributed by atoms with van der Waals surface area (Å²) in [6.07, 6.45) is 8.13. The van der Waals surface area contributed by atoms with Gasteiger partial charge in [-0.1, -0.05) is 8.98 Å². The highest BCUT2D eigenvalue weighted by Crippen LogP contribution is 2.47. The van der Waals surface area contributed by atoms with Gasteiger partial charge in [0, 0.05) is 21.9 Å². The maximum absolute atomic E-state index is 12.9. The summed E-state index contributed by atoms with van der Waals surface area (Å²) in [5.41, 5.74) is 3.29. The molecule has 0 N–H and O–H groups in total. The van der Waals surface area contributed by atoms with Crippen LogP contribution in [0, 0.1) is 11.8 Å². The molecule has 0 radical (unpaired) electrons. The van der Waals surface area contributed by atoms with Gasteiger partial charge in [0.05, 0.1) is 11.4 Å². The number of carbonyl (C=O) groups is 1. The van der Waals surface area contributed by atoms with E-state index >= 15 is 0 Å². The lowest BCUT2D eigenvalue weighted by Crippen LogP contribution is -2.23. The van der Waals surface area contributed by atoms with Crippen molar-refractivity contribution in [1.29, 1.82) is 0 Å². The second-order valence-corrected chi connectivity index (χ2v) is 6.96. The van der Waals surface area contributed by atoms with Crippen molar-refractivity contribution in [2.75, 3.05) is 0 Å². The Morgan fingerprint density at radius 1 is 1.00 bits per heavy atom. The van der Waals surface area contributed by atoms with E-state index in [9.17, 15) is 4.79 Å². The van der Waals surface area contributed by atoms with E-state index in [1.807, 2.05) is 22.9 Å². The van der Waals surface area contributed by atoms with Crippen molar-refractivity contribution < 1.29 is 4.79 Å². The molecule has 0 saturated heterocycles. The normalized spacial score (nSPS) is 26.0. The standard InChI is InChI=1S/C15H14N4OS2/c20-15-10(5-11-7-21-18-16-11)3-4-13(9-1-2-9)14(15)6-12-8-22-19-17-12/h5-9,13H,1-4H2/b10-5-,14-6+/t13-/m1/s1. The molecule has 2 saturated carbocycles. The summed E-state index contributed by atoms with van der Waals surface area (Å²) in [6.45, 7) is 0. The molecule has 0 unspecified atom stereocenters. The molecule has 0 aliphatic heterocycles. The molecular weight excluding hydrogens is 316 g/mol. The fourth-order valence-corrected chi connectivity index (χ4v) is 3.86. The highest BCUT2D eigenvalue weighted by molar-refractivity contribution is 7.03. The molecule has 2 aliphatic rings. The Hall–Kier alpha value is -1.73. The van der Waals surface area contributed by atoms with Crippen LogP contribution in [0.1, 0.15) is 37.1 Å². The van der Waals surface area contributed by atoms with Crippen molar-refractivity contribution in [2.24, 2.45) is 11.8 Å². The Bertz CT molecular complexity index is 730. The number of carbonyl (C=O) groups excluding carboxylic acids is 1. The number of hydrogen-bond donors (Lipinski definition) is 0. The topological polar surface area (TPSA) is 68.6 Å². The molecule has 2 heterocycles. The highest BCUT2D eigenvalue weighted by Gasteiger charge is 2.39. The number of allylic oxidation sites excluding steroid dienone is 2. The van der Waals surface area contributed by atoms with Gasteiger partial charge in [-0.2, -0.15) is 0 Å². The monoisotopic (exact) mass is 330 g/mol. The van der Waals surface area contributed by atoms with Crippen LogP contribution in [0.15, 0.2) is 21.9 Å². The van der Waals surface area contributed by atoms with E-state index in [1.165, 1.54) is 35.9 Å². The van der Waals surface area contributed by atoms with Crippen LogP contribution in [0.5, 0.6) is 0 Å². The molecule has 0 spiro atoms. The molecule has 5 nitrogen and oxygen atoms in total. The summed E-state index contributed by atoms with van der Waals surface area (Å²) in [5.74, 6) is 1.19. The Labute approximate surface area is 136 Å². The van der Waals surface area contributed by atoms with Gasteiger partial charge in [-0.05, 0) is 72.7 Å². The predicted octanol–water partition coefficient (Wildman–Crippen LogP) is 3.25. The predicted molar refractivity (Wildman–Crippen MR) is 86.2 cm³/mol. The zero-order valence-electron chi connectivity index (χ0n) is 11.8. The first-order valence-corrected chi connectivity index (χ1v) is 8.99. The summed E-state index contributed by atoms with van der Waals surface area (Å²) < 4.78 is 7.73. The molecule has 4 rings (SSSR count). The number of aromatic nitrogens is 4. The van der Waals surface area contributed by atoms with Crippen LogP contribution in [0.2, 0.25) is 0 Å². The number of ketones is 1. The minimum absolute atomic E-state index is 0.143. The van der Waals surface area contributed by atoms with Gasteiger partial charge in [0.2, 0.25) is 0 Å². The number of nitrogens with zero attached hydrogens (tertiary/aromatic N) is 4. The molecule has 0 bridgehead atoms. The Morgan fingerprint density at radius 2 is 1.68 bits per heavy atom. The minimum Gasteiger partial charge on any atom is -0.289 e. The lowest BCUT2D eigenvalue weighted by Gasteiger charge is -2.26. The molecule has 0 aromatic carbocycles. The van der Waals surface area contributed by atoms with Crippen LogP contribution in [-0.4, -0.2) is 25.0 Å². The molecule has 22 heavy (non-hydrogen) atoms. The lowest BCUT2D eigenvalue weighted by atomic mass is 9.77. The van der Waals surface area contributed by atoms with Crippen molar-refractivity contribution in [2.45, 2.75) is 25.7 Å². The van der Waals surface area contributed by atoms with Gasteiger partial charge in [0.1, 0.15) is 0 Å². The quantitative estimate of drug-likeness (QED) is 0.808. The summed E-state index contributed by atoms with van der Waals surface area (Å²) in [4.78, 5) is 12.9. The molecular formula is C15H14N4OS2. The van der Waals surface area contributed by atoms with Crippen LogP contribution in [-0.2, 0) is 4.79 Å². The zero-order valence-corrected chi connectivity index (χ0v) is 13.4. The summed E-state index contributed by atoms with van der Waals surface area (Å²) >= 11 is 2.61. The third kappa shape index (κ3) is 2.78. The van der Waals surface area contributed by atoms with E-state index in [4.69, 9.17) is 0 Å². The van der Waals surface area contributed by atoms with Crippen LogP contribution in [0.4, 0.5) is 0 Å². The lowest BCUT2D eigenvalue weighted by molar-refractivity contribution is -0.113. The first kappa shape index (κ1) is 13.9. The van der Waals surface area contributed by atoms with Crippen LogP contribution >= 0.6 is 23.1 Å². The van der Waals surface area contributed by atoms with Crippen LogP contribution < -0.4 is 0 Å². The van der Waals surface area contributed by atoms with Crippen LogP contribution in [0.3, 0.4) is 0 Å². The van der Waals surface area contributed by atoms with Crippen molar-refractivity contribution in [3.05, 3.63) is 33.3 Å². The van der Waals surface area contributed by atoms with Crippen molar-refractivity contribution in [1.82, 2.24) is 19.2 Å². The molecule has 2 aliphatic carbocycles. The average Bonchev–Trinajstić information content (AvgIpc) is 3.00. The second kappa shape index (κ2) is 5.81.